The Bertz CT molecular complexity index is 106. The normalized spacial score (nSPS) is 27.2. The van der Waals surface area contributed by atoms with Gasteiger partial charge in [-0.05, 0) is 32.1 Å². The van der Waals surface area contributed by atoms with E-state index in [1.54, 1.807) is 0 Å². The van der Waals surface area contributed by atoms with Crippen LogP contribution in [0.2, 0.25) is 0 Å². The summed E-state index contributed by atoms with van der Waals surface area (Å²) < 4.78 is 0. The molecule has 0 aromatic carbocycles. The van der Waals surface area contributed by atoms with Gasteiger partial charge in [0.05, 0.1) is 0 Å². The molecule has 0 unspecified atom stereocenters. The predicted octanol–water partition coefficient (Wildman–Crippen LogP) is 3.45. The van der Waals surface area contributed by atoms with Gasteiger partial charge in [0, 0.05) is 0 Å². The molecule has 0 spiro atoms. The van der Waals surface area contributed by atoms with Crippen LogP contribution in [0.4, 0.5) is 0 Å². The Morgan fingerprint density at radius 1 is 0.600 bits per heavy atom. The average molecular weight is 136 g/mol. The van der Waals surface area contributed by atoms with E-state index in [1.807, 2.05) is 0 Å². The van der Waals surface area contributed by atoms with E-state index in [0.717, 1.165) is 6.42 Å². The third kappa shape index (κ3) is 3.49. The molecule has 0 aromatic heterocycles. The second kappa shape index (κ2) is 5.28. The predicted molar refractivity (Wildman–Crippen MR) is 46.0 cm³/mol. The summed E-state index contributed by atoms with van der Waals surface area (Å²) in [7, 11) is 0. The first kappa shape index (κ1) is 7.59. The molecule has 0 bridgehead atoms. The van der Waals surface area contributed by atoms with E-state index in [-0.39, 0.29) is 0 Å². The number of allylic oxidation sites excluding steroid dienone is 4. The Hall–Kier alpha value is -0.520. The van der Waals surface area contributed by atoms with Crippen molar-refractivity contribution in [1.29, 1.82) is 0 Å². The Kier molecular flexibility index (Phi) is 4.00. The Labute approximate surface area is 63.6 Å². The molecule has 56 valence electrons. The average Bonchev–Trinajstić information content (AvgIpc) is 2.01. The molecule has 0 saturated heterocycles. The molecule has 1 rings (SSSR count). The summed E-state index contributed by atoms with van der Waals surface area (Å²) in [5.41, 5.74) is 0. The van der Waals surface area contributed by atoms with Gasteiger partial charge in [0.2, 0.25) is 0 Å². The standard InChI is InChI=1S/C10H16/c1-2-4-6-8-10-9-7-5-3-1/h1-2,5,7H,3-4,6,8-10H2/b2-1+,7-5+. The lowest BCUT2D eigenvalue weighted by atomic mass is 10.1. The van der Waals surface area contributed by atoms with Gasteiger partial charge in [-0.3, -0.25) is 0 Å². The van der Waals surface area contributed by atoms with Crippen molar-refractivity contribution in [3.63, 3.8) is 0 Å². The fourth-order valence-electron chi connectivity index (χ4n) is 1.21. The first-order valence-corrected chi connectivity index (χ1v) is 4.30. The molecular weight excluding hydrogens is 120 g/mol. The van der Waals surface area contributed by atoms with Gasteiger partial charge in [-0.2, -0.15) is 0 Å². The molecule has 1 aliphatic rings. The Morgan fingerprint density at radius 2 is 1.20 bits per heavy atom. The zero-order valence-electron chi connectivity index (χ0n) is 6.55. The van der Waals surface area contributed by atoms with E-state index < -0.39 is 0 Å². The molecular formula is C10H16. The molecule has 0 nitrogen and oxygen atoms in total. The third-order valence-corrected chi connectivity index (χ3v) is 1.85. The summed E-state index contributed by atoms with van der Waals surface area (Å²) in [6, 6.07) is 0. The number of hydrogen-bond donors (Lipinski definition) is 0. The highest BCUT2D eigenvalue weighted by Gasteiger charge is 1.86. The molecule has 0 atom stereocenters. The lowest BCUT2D eigenvalue weighted by Gasteiger charge is -1.96. The van der Waals surface area contributed by atoms with Crippen molar-refractivity contribution in [2.75, 3.05) is 0 Å². The maximum Gasteiger partial charge on any atom is -0.0169 e. The van der Waals surface area contributed by atoms with Crippen LogP contribution in [0.1, 0.15) is 38.5 Å². The molecule has 0 N–H and O–H groups in total. The molecule has 10 heavy (non-hydrogen) atoms. The summed E-state index contributed by atoms with van der Waals surface area (Å²) in [5.74, 6) is 0. The van der Waals surface area contributed by atoms with Crippen LogP contribution in [0.3, 0.4) is 0 Å². The second-order valence-electron chi connectivity index (χ2n) is 2.82. The first-order chi connectivity index (χ1) is 5.00. The monoisotopic (exact) mass is 136 g/mol. The molecule has 0 saturated carbocycles. The fourth-order valence-corrected chi connectivity index (χ4v) is 1.21. The smallest absolute Gasteiger partial charge is 0.0169 e. The topological polar surface area (TPSA) is 0 Å². The van der Waals surface area contributed by atoms with E-state index in [4.69, 9.17) is 0 Å². The second-order valence-corrected chi connectivity index (χ2v) is 2.82. The highest BCUT2D eigenvalue weighted by atomic mass is 13.9. The lowest BCUT2D eigenvalue weighted by Crippen LogP contribution is -1.76. The number of rotatable bonds is 0. The molecule has 0 amide bonds. The van der Waals surface area contributed by atoms with E-state index in [2.05, 4.69) is 24.3 Å². The van der Waals surface area contributed by atoms with Crippen LogP contribution in [0, 0.1) is 0 Å². The maximum absolute atomic E-state index is 2.30. The van der Waals surface area contributed by atoms with Crippen molar-refractivity contribution in [2.24, 2.45) is 0 Å². The van der Waals surface area contributed by atoms with Crippen LogP contribution < -0.4 is 0 Å². The van der Waals surface area contributed by atoms with Gasteiger partial charge in [0.1, 0.15) is 0 Å². The van der Waals surface area contributed by atoms with Crippen molar-refractivity contribution < 1.29 is 0 Å². The van der Waals surface area contributed by atoms with Gasteiger partial charge >= 0.3 is 0 Å². The van der Waals surface area contributed by atoms with Gasteiger partial charge in [-0.25, -0.2) is 0 Å². The Morgan fingerprint density at radius 3 is 1.80 bits per heavy atom. The molecule has 1 aliphatic carbocycles. The van der Waals surface area contributed by atoms with Crippen molar-refractivity contribution in [3.8, 4) is 0 Å². The van der Waals surface area contributed by atoms with E-state index in [1.165, 1.54) is 32.1 Å². The highest BCUT2D eigenvalue weighted by Crippen LogP contribution is 2.06. The largest absolute Gasteiger partial charge is 0.0882 e. The van der Waals surface area contributed by atoms with Gasteiger partial charge in [-0.15, -0.1) is 0 Å². The van der Waals surface area contributed by atoms with Crippen LogP contribution in [-0.2, 0) is 0 Å². The van der Waals surface area contributed by atoms with Gasteiger partial charge in [0.15, 0.2) is 0 Å². The highest BCUT2D eigenvalue weighted by molar-refractivity contribution is 4.93. The lowest BCUT2D eigenvalue weighted by molar-refractivity contribution is 0.693. The zero-order chi connectivity index (χ0) is 7.07. The first-order valence-electron chi connectivity index (χ1n) is 4.30. The van der Waals surface area contributed by atoms with Crippen LogP contribution in [0.25, 0.3) is 0 Å². The minimum absolute atomic E-state index is 1.14. The molecule has 0 heterocycles. The van der Waals surface area contributed by atoms with Crippen molar-refractivity contribution in [2.45, 2.75) is 38.5 Å². The summed E-state index contributed by atoms with van der Waals surface area (Å²) >= 11 is 0. The maximum atomic E-state index is 2.30. The summed E-state index contributed by atoms with van der Waals surface area (Å²) in [6.07, 6.45) is 17.0. The van der Waals surface area contributed by atoms with E-state index in [9.17, 15) is 0 Å². The van der Waals surface area contributed by atoms with Crippen LogP contribution >= 0.6 is 0 Å². The Balaban J connectivity index is 2.25. The molecule has 0 aliphatic heterocycles. The third-order valence-electron chi connectivity index (χ3n) is 1.85. The summed E-state index contributed by atoms with van der Waals surface area (Å²) in [5, 5.41) is 0. The minimum atomic E-state index is 1.14. The van der Waals surface area contributed by atoms with Crippen molar-refractivity contribution in [1.82, 2.24) is 0 Å². The van der Waals surface area contributed by atoms with Crippen LogP contribution in [-0.4, -0.2) is 0 Å². The summed E-state index contributed by atoms with van der Waals surface area (Å²) in [4.78, 5) is 0. The molecule has 0 heteroatoms. The van der Waals surface area contributed by atoms with Gasteiger partial charge in [0.25, 0.3) is 0 Å². The van der Waals surface area contributed by atoms with E-state index >= 15 is 0 Å². The fraction of sp³-hybridized carbons (Fsp3) is 0.600. The number of hydrogen-bond acceptors (Lipinski definition) is 0. The van der Waals surface area contributed by atoms with E-state index in [0.29, 0.717) is 0 Å². The molecule has 0 aromatic rings. The molecule has 0 fully saturated rings. The van der Waals surface area contributed by atoms with Gasteiger partial charge in [-0.1, -0.05) is 30.7 Å². The van der Waals surface area contributed by atoms with Crippen LogP contribution in [0.15, 0.2) is 24.3 Å². The van der Waals surface area contributed by atoms with Crippen molar-refractivity contribution in [3.05, 3.63) is 24.3 Å². The minimum Gasteiger partial charge on any atom is -0.0882 e. The van der Waals surface area contributed by atoms with Crippen LogP contribution in [0.5, 0.6) is 0 Å². The SMILES string of the molecule is C1=C/CCCCC/C=C/C/1. The zero-order valence-corrected chi connectivity index (χ0v) is 6.55. The molecule has 0 radical (unpaired) electrons. The quantitative estimate of drug-likeness (QED) is 0.447. The van der Waals surface area contributed by atoms with Crippen molar-refractivity contribution >= 4 is 0 Å². The van der Waals surface area contributed by atoms with Gasteiger partial charge < -0.3 is 0 Å². The summed E-state index contributed by atoms with van der Waals surface area (Å²) in [6.45, 7) is 0.